The lowest BCUT2D eigenvalue weighted by atomic mass is 10.1. The number of hydrogen-bond acceptors (Lipinski definition) is 2. The van der Waals surface area contributed by atoms with Crippen LogP contribution in [0.25, 0.3) is 0 Å². The van der Waals surface area contributed by atoms with Crippen LogP contribution in [0.4, 0.5) is 4.39 Å². The number of rotatable bonds is 4. The highest BCUT2D eigenvalue weighted by atomic mass is 79.9. The molecule has 18 heavy (non-hydrogen) atoms. The highest BCUT2D eigenvalue weighted by molar-refractivity contribution is 9.10. The van der Waals surface area contributed by atoms with E-state index in [2.05, 4.69) is 20.9 Å². The molecular formula is C13H14BrFN2O. The van der Waals surface area contributed by atoms with Crippen LogP contribution in [0.3, 0.4) is 0 Å². The maximum Gasteiger partial charge on any atom is 0.142 e. The summed E-state index contributed by atoms with van der Waals surface area (Å²) in [5, 5.41) is 10.3. The average Bonchev–Trinajstić information content (AvgIpc) is 2.80. The van der Waals surface area contributed by atoms with E-state index < -0.39 is 6.10 Å². The van der Waals surface area contributed by atoms with Gasteiger partial charge in [0.05, 0.1) is 4.47 Å². The normalized spacial score (nSPS) is 12.7. The summed E-state index contributed by atoms with van der Waals surface area (Å²) in [5.74, 6) is 0.142. The van der Waals surface area contributed by atoms with Crippen molar-refractivity contribution in [3.05, 3.63) is 52.3 Å². The Balaban J connectivity index is 2.38. The first-order valence-corrected chi connectivity index (χ1v) is 6.57. The Labute approximate surface area is 113 Å². The maximum absolute atomic E-state index is 13.4. The molecule has 0 saturated heterocycles. The third-order valence-corrected chi connectivity index (χ3v) is 3.57. The largest absolute Gasteiger partial charge is 0.380 e. The number of nitrogens with zero attached hydrogens (tertiary/aromatic N) is 2. The monoisotopic (exact) mass is 312 g/mol. The Morgan fingerprint density at radius 1 is 1.50 bits per heavy atom. The summed E-state index contributed by atoms with van der Waals surface area (Å²) in [5.41, 5.74) is 0.485. The third-order valence-electron chi connectivity index (χ3n) is 2.73. The van der Waals surface area contributed by atoms with Crippen molar-refractivity contribution in [3.8, 4) is 0 Å². The smallest absolute Gasteiger partial charge is 0.142 e. The summed E-state index contributed by atoms with van der Waals surface area (Å²) < 4.78 is 15.6. The Morgan fingerprint density at radius 3 is 3.00 bits per heavy atom. The van der Waals surface area contributed by atoms with Crippen molar-refractivity contribution in [2.45, 2.75) is 26.0 Å². The molecule has 2 rings (SSSR count). The summed E-state index contributed by atoms with van der Waals surface area (Å²) in [6.07, 6.45) is 3.47. The molecule has 1 aromatic heterocycles. The highest BCUT2D eigenvalue weighted by Crippen LogP contribution is 2.29. The molecule has 3 nitrogen and oxygen atoms in total. The quantitative estimate of drug-likeness (QED) is 0.941. The second-order valence-corrected chi connectivity index (χ2v) is 4.82. The van der Waals surface area contributed by atoms with E-state index >= 15 is 0 Å². The number of aromatic nitrogens is 2. The number of aliphatic hydroxyl groups is 1. The van der Waals surface area contributed by atoms with Crippen LogP contribution in [0.1, 0.15) is 30.8 Å². The van der Waals surface area contributed by atoms with Crippen molar-refractivity contribution in [2.75, 3.05) is 0 Å². The predicted octanol–water partition coefficient (Wildman–Crippen LogP) is 3.28. The van der Waals surface area contributed by atoms with Gasteiger partial charge in [-0.2, -0.15) is 0 Å². The second-order valence-electron chi connectivity index (χ2n) is 4.02. The first-order chi connectivity index (χ1) is 8.65. The Hall–Kier alpha value is -1.20. The molecule has 1 aromatic carbocycles. The first-order valence-electron chi connectivity index (χ1n) is 5.78. The zero-order valence-electron chi connectivity index (χ0n) is 9.98. The van der Waals surface area contributed by atoms with Gasteiger partial charge in [-0.15, -0.1) is 0 Å². The van der Waals surface area contributed by atoms with Gasteiger partial charge in [0.15, 0.2) is 0 Å². The molecule has 0 amide bonds. The highest BCUT2D eigenvalue weighted by Gasteiger charge is 2.19. The Bertz CT molecular complexity index is 542. The van der Waals surface area contributed by atoms with E-state index in [1.54, 1.807) is 18.3 Å². The van der Waals surface area contributed by atoms with Crippen molar-refractivity contribution in [1.29, 1.82) is 0 Å². The molecule has 96 valence electrons. The van der Waals surface area contributed by atoms with Crippen LogP contribution in [0.2, 0.25) is 0 Å². The van der Waals surface area contributed by atoms with Gasteiger partial charge in [0.2, 0.25) is 0 Å². The van der Waals surface area contributed by atoms with Gasteiger partial charge in [-0.1, -0.05) is 19.1 Å². The van der Waals surface area contributed by atoms with Gasteiger partial charge >= 0.3 is 0 Å². The Kier molecular flexibility index (Phi) is 4.14. The molecule has 0 aliphatic rings. The van der Waals surface area contributed by atoms with Gasteiger partial charge in [-0.05, 0) is 28.4 Å². The topological polar surface area (TPSA) is 38.0 Å². The summed E-state index contributed by atoms with van der Waals surface area (Å²) >= 11 is 3.16. The SMILES string of the molecule is CCCn1ccnc1C(O)c1cccc(F)c1Br. The fourth-order valence-corrected chi connectivity index (χ4v) is 2.35. The molecule has 1 unspecified atom stereocenters. The minimum absolute atomic E-state index is 0.281. The van der Waals surface area contributed by atoms with Crippen LogP contribution in [0, 0.1) is 5.82 Å². The van der Waals surface area contributed by atoms with Gasteiger partial charge in [0, 0.05) is 24.5 Å². The lowest BCUT2D eigenvalue weighted by Crippen LogP contribution is -2.10. The van der Waals surface area contributed by atoms with Crippen LogP contribution in [0.15, 0.2) is 35.1 Å². The minimum atomic E-state index is -0.934. The molecule has 0 fully saturated rings. The molecular weight excluding hydrogens is 299 g/mol. The fourth-order valence-electron chi connectivity index (χ4n) is 1.87. The van der Waals surface area contributed by atoms with E-state index in [-0.39, 0.29) is 10.3 Å². The molecule has 1 heterocycles. The molecule has 0 radical (unpaired) electrons. The second kappa shape index (κ2) is 5.63. The zero-order valence-corrected chi connectivity index (χ0v) is 11.6. The molecule has 0 bridgehead atoms. The Morgan fingerprint density at radius 2 is 2.28 bits per heavy atom. The van der Waals surface area contributed by atoms with Crippen molar-refractivity contribution < 1.29 is 9.50 Å². The minimum Gasteiger partial charge on any atom is -0.380 e. The van der Waals surface area contributed by atoms with Gasteiger partial charge in [0.1, 0.15) is 17.7 Å². The van der Waals surface area contributed by atoms with Crippen LogP contribution < -0.4 is 0 Å². The van der Waals surface area contributed by atoms with Crippen molar-refractivity contribution >= 4 is 15.9 Å². The number of aliphatic hydroxyl groups excluding tert-OH is 1. The van der Waals surface area contributed by atoms with E-state index in [9.17, 15) is 9.50 Å². The van der Waals surface area contributed by atoms with E-state index in [0.29, 0.717) is 11.4 Å². The lowest BCUT2D eigenvalue weighted by Gasteiger charge is -2.14. The van der Waals surface area contributed by atoms with Crippen LogP contribution in [-0.4, -0.2) is 14.7 Å². The van der Waals surface area contributed by atoms with Crippen molar-refractivity contribution in [1.82, 2.24) is 9.55 Å². The summed E-state index contributed by atoms with van der Waals surface area (Å²) in [7, 11) is 0. The van der Waals surface area contributed by atoms with Crippen LogP contribution in [-0.2, 0) is 6.54 Å². The summed E-state index contributed by atoms with van der Waals surface area (Å²) in [6.45, 7) is 2.83. The predicted molar refractivity (Wildman–Crippen MR) is 70.7 cm³/mol. The van der Waals surface area contributed by atoms with E-state index in [0.717, 1.165) is 13.0 Å². The molecule has 1 atom stereocenters. The number of halogens is 2. The van der Waals surface area contributed by atoms with E-state index in [1.165, 1.54) is 6.07 Å². The molecule has 0 spiro atoms. The zero-order chi connectivity index (χ0) is 13.1. The summed E-state index contributed by atoms with van der Waals surface area (Å²) in [6, 6.07) is 4.60. The number of hydrogen-bond donors (Lipinski definition) is 1. The van der Waals surface area contributed by atoms with Gasteiger partial charge < -0.3 is 9.67 Å². The molecule has 0 saturated carbocycles. The number of aryl methyl sites for hydroxylation is 1. The van der Waals surface area contributed by atoms with E-state index in [4.69, 9.17) is 0 Å². The molecule has 5 heteroatoms. The first kappa shape index (κ1) is 13.2. The molecule has 2 aromatic rings. The fraction of sp³-hybridized carbons (Fsp3) is 0.308. The third kappa shape index (κ3) is 2.47. The van der Waals surface area contributed by atoms with Crippen LogP contribution in [0.5, 0.6) is 0 Å². The van der Waals surface area contributed by atoms with Crippen molar-refractivity contribution in [3.63, 3.8) is 0 Å². The number of imidazole rings is 1. The standard InChI is InChI=1S/C13H14BrFN2O/c1-2-7-17-8-6-16-13(17)12(18)9-4-3-5-10(15)11(9)14/h3-6,8,12,18H,2,7H2,1H3. The van der Waals surface area contributed by atoms with Crippen LogP contribution >= 0.6 is 15.9 Å². The lowest BCUT2D eigenvalue weighted by molar-refractivity contribution is 0.203. The molecule has 0 aliphatic heterocycles. The summed E-state index contributed by atoms with van der Waals surface area (Å²) in [4.78, 5) is 4.15. The molecule has 1 N–H and O–H groups in total. The average molecular weight is 313 g/mol. The van der Waals surface area contributed by atoms with Gasteiger partial charge in [-0.25, -0.2) is 9.37 Å². The molecule has 0 aliphatic carbocycles. The van der Waals surface area contributed by atoms with Crippen molar-refractivity contribution in [2.24, 2.45) is 0 Å². The van der Waals surface area contributed by atoms with E-state index in [1.807, 2.05) is 17.7 Å². The van der Waals surface area contributed by atoms with Gasteiger partial charge in [-0.3, -0.25) is 0 Å². The maximum atomic E-state index is 13.4. The van der Waals surface area contributed by atoms with Gasteiger partial charge in [0.25, 0.3) is 0 Å². The number of benzene rings is 1.